The third-order valence-corrected chi connectivity index (χ3v) is 5.91. The number of halogens is 1. The molecule has 0 bridgehead atoms. The maximum absolute atomic E-state index is 13.5. The van der Waals surface area contributed by atoms with Gasteiger partial charge in [0.15, 0.2) is 5.78 Å². The van der Waals surface area contributed by atoms with Crippen molar-refractivity contribution in [2.75, 3.05) is 7.11 Å². The first-order valence-electron chi connectivity index (χ1n) is 9.07. The zero-order valence-corrected chi connectivity index (χ0v) is 17.1. The predicted molar refractivity (Wildman–Crippen MR) is 112 cm³/mol. The Kier molecular flexibility index (Phi) is 5.19. The van der Waals surface area contributed by atoms with E-state index in [2.05, 4.69) is 21.0 Å². The molecule has 2 aliphatic rings. The highest BCUT2D eigenvalue weighted by atomic mass is 79.9. The number of nitro groups is 1. The lowest BCUT2D eigenvalue weighted by Crippen LogP contribution is -2.40. The molecule has 0 N–H and O–H groups in total. The van der Waals surface area contributed by atoms with Crippen LogP contribution in [-0.2, 0) is 0 Å². The van der Waals surface area contributed by atoms with E-state index in [0.717, 1.165) is 10.0 Å². The van der Waals surface area contributed by atoms with Crippen molar-refractivity contribution in [2.24, 2.45) is 5.10 Å². The van der Waals surface area contributed by atoms with Gasteiger partial charge in [-0.15, -0.1) is 0 Å². The Morgan fingerprint density at radius 2 is 1.86 bits per heavy atom. The van der Waals surface area contributed by atoms with Gasteiger partial charge in [0.25, 0.3) is 0 Å². The van der Waals surface area contributed by atoms with E-state index >= 15 is 0 Å². The summed E-state index contributed by atoms with van der Waals surface area (Å²) in [6.45, 7) is 0. The molecule has 7 nitrogen and oxygen atoms in total. The van der Waals surface area contributed by atoms with Gasteiger partial charge in [0.05, 0.1) is 13.0 Å². The molecular weight excluding hydrogens is 438 g/mol. The Bertz CT molecular complexity index is 988. The van der Waals surface area contributed by atoms with Crippen molar-refractivity contribution in [3.05, 3.63) is 86.4 Å². The van der Waals surface area contributed by atoms with Crippen LogP contribution in [0.25, 0.3) is 0 Å². The van der Waals surface area contributed by atoms with Gasteiger partial charge in [0, 0.05) is 21.2 Å². The number of hydrazone groups is 1. The van der Waals surface area contributed by atoms with E-state index in [-0.39, 0.29) is 10.7 Å². The summed E-state index contributed by atoms with van der Waals surface area (Å²) in [6, 6.07) is 11.7. The number of hydrogen-bond donors (Lipinski definition) is 0. The molecule has 2 aromatic rings. The van der Waals surface area contributed by atoms with Gasteiger partial charge >= 0.3 is 0 Å². The molecule has 4 atom stereocenters. The zero-order valence-electron chi connectivity index (χ0n) is 15.5. The van der Waals surface area contributed by atoms with E-state index in [0.29, 0.717) is 11.3 Å². The average molecular weight is 456 g/mol. The number of carbonyl (C=O) groups excluding carboxylic acids is 1. The third kappa shape index (κ3) is 3.44. The number of methoxy groups -OCH3 is 1. The molecule has 2 aromatic carbocycles. The Morgan fingerprint density at radius 1 is 1.17 bits per heavy atom. The van der Waals surface area contributed by atoms with E-state index in [1.807, 2.05) is 24.3 Å². The van der Waals surface area contributed by atoms with E-state index < -0.39 is 24.0 Å². The van der Waals surface area contributed by atoms with Crippen LogP contribution in [0.3, 0.4) is 0 Å². The van der Waals surface area contributed by atoms with Gasteiger partial charge in [-0.05, 0) is 48.0 Å². The van der Waals surface area contributed by atoms with Crippen molar-refractivity contribution in [1.82, 2.24) is 5.01 Å². The van der Waals surface area contributed by atoms with Crippen molar-refractivity contribution in [3.63, 3.8) is 0 Å². The molecule has 0 amide bonds. The number of ketones is 1. The van der Waals surface area contributed by atoms with Crippen molar-refractivity contribution in [1.29, 1.82) is 0 Å². The highest BCUT2D eigenvalue weighted by Gasteiger charge is 2.58. The standard InChI is InChI=1S/C21H18BrN3O4/c1-29-16-10-6-14(7-11-16)21(26)20-18(13-4-8-15(22)9-5-13)19(25(27)28)17-3-2-12-23-24(17)20/h2-12,17-20H,1H3. The molecule has 0 spiro atoms. The minimum atomic E-state index is -0.989. The first-order chi connectivity index (χ1) is 14.0. The number of ether oxygens (including phenoxy) is 1. The summed E-state index contributed by atoms with van der Waals surface area (Å²) in [7, 11) is 1.55. The lowest BCUT2D eigenvalue weighted by molar-refractivity contribution is -0.525. The Hall–Kier alpha value is -3.00. The highest BCUT2D eigenvalue weighted by molar-refractivity contribution is 9.10. The summed E-state index contributed by atoms with van der Waals surface area (Å²) in [5.74, 6) is -0.211. The van der Waals surface area contributed by atoms with E-state index in [1.54, 1.807) is 54.8 Å². The molecule has 2 aliphatic heterocycles. The molecular formula is C21H18BrN3O4. The molecule has 0 saturated carbocycles. The van der Waals surface area contributed by atoms with Crippen LogP contribution in [-0.4, -0.2) is 47.2 Å². The van der Waals surface area contributed by atoms with Crippen molar-refractivity contribution in [3.8, 4) is 5.75 Å². The highest BCUT2D eigenvalue weighted by Crippen LogP contribution is 2.42. The summed E-state index contributed by atoms with van der Waals surface area (Å²) in [5, 5.41) is 18.0. The normalized spacial score (nSPS) is 25.0. The van der Waals surface area contributed by atoms with Crippen LogP contribution in [0.5, 0.6) is 5.75 Å². The molecule has 4 unspecified atom stereocenters. The van der Waals surface area contributed by atoms with Crippen molar-refractivity contribution < 1.29 is 14.5 Å². The van der Waals surface area contributed by atoms with Crippen LogP contribution < -0.4 is 4.74 Å². The van der Waals surface area contributed by atoms with Gasteiger partial charge in [-0.3, -0.25) is 19.9 Å². The Labute approximate surface area is 175 Å². The molecule has 4 rings (SSSR count). The SMILES string of the molecule is COc1ccc(C(=O)C2C(c3ccc(Br)cc3)C([N+](=O)[O-])C3C=CC=NN32)cc1. The van der Waals surface area contributed by atoms with Crippen LogP contribution in [0.1, 0.15) is 21.8 Å². The summed E-state index contributed by atoms with van der Waals surface area (Å²) in [5.41, 5.74) is 1.20. The summed E-state index contributed by atoms with van der Waals surface area (Å²) < 4.78 is 6.03. The summed E-state index contributed by atoms with van der Waals surface area (Å²) in [6.07, 6.45) is 5.00. The van der Waals surface area contributed by atoms with Gasteiger partial charge < -0.3 is 4.74 Å². The molecule has 1 saturated heterocycles. The fourth-order valence-corrected chi connectivity index (χ4v) is 4.33. The molecule has 2 heterocycles. The van der Waals surface area contributed by atoms with Gasteiger partial charge in [0.2, 0.25) is 6.04 Å². The maximum Gasteiger partial charge on any atom is 0.247 e. The second-order valence-corrected chi connectivity index (χ2v) is 7.83. The van der Waals surface area contributed by atoms with Gasteiger partial charge in [-0.1, -0.05) is 34.1 Å². The smallest absolute Gasteiger partial charge is 0.247 e. The largest absolute Gasteiger partial charge is 0.497 e. The number of carbonyl (C=O) groups is 1. The van der Waals surface area contributed by atoms with Gasteiger partial charge in [-0.2, -0.15) is 5.10 Å². The minimum absolute atomic E-state index is 0.206. The molecule has 8 heteroatoms. The second kappa shape index (κ2) is 7.79. The van der Waals surface area contributed by atoms with E-state index in [4.69, 9.17) is 4.74 Å². The molecule has 0 radical (unpaired) electrons. The Morgan fingerprint density at radius 3 is 2.48 bits per heavy atom. The fourth-order valence-electron chi connectivity index (χ4n) is 4.07. The lowest BCUT2D eigenvalue weighted by atomic mass is 9.84. The number of Topliss-reactive ketones (excluding diaryl/α,β-unsaturated/α-hetero) is 1. The zero-order chi connectivity index (χ0) is 20.5. The molecule has 0 aliphatic carbocycles. The van der Waals surface area contributed by atoms with Gasteiger partial charge in [0.1, 0.15) is 17.8 Å². The van der Waals surface area contributed by atoms with Crippen LogP contribution in [0.4, 0.5) is 0 Å². The quantitative estimate of drug-likeness (QED) is 0.390. The number of allylic oxidation sites excluding steroid dienone is 1. The lowest BCUT2D eigenvalue weighted by Gasteiger charge is -2.27. The summed E-state index contributed by atoms with van der Waals surface area (Å²) >= 11 is 3.40. The number of nitrogens with zero attached hydrogens (tertiary/aromatic N) is 3. The fraction of sp³-hybridized carbons (Fsp3) is 0.238. The average Bonchev–Trinajstić information content (AvgIpc) is 3.09. The molecule has 1 fully saturated rings. The number of rotatable bonds is 5. The number of fused-ring (bicyclic) bond motifs is 1. The van der Waals surface area contributed by atoms with Crippen LogP contribution >= 0.6 is 15.9 Å². The van der Waals surface area contributed by atoms with Crippen molar-refractivity contribution >= 4 is 27.9 Å². The van der Waals surface area contributed by atoms with E-state index in [9.17, 15) is 14.9 Å². The maximum atomic E-state index is 13.5. The number of hydrogen-bond acceptors (Lipinski definition) is 6. The molecule has 148 valence electrons. The van der Waals surface area contributed by atoms with E-state index in [1.165, 1.54) is 0 Å². The summed E-state index contributed by atoms with van der Waals surface area (Å²) in [4.78, 5) is 25.3. The molecule has 29 heavy (non-hydrogen) atoms. The predicted octanol–water partition coefficient (Wildman–Crippen LogP) is 3.68. The van der Waals surface area contributed by atoms with Gasteiger partial charge in [-0.25, -0.2) is 0 Å². The minimum Gasteiger partial charge on any atom is -0.497 e. The molecule has 0 aromatic heterocycles. The first kappa shape index (κ1) is 19.3. The monoisotopic (exact) mass is 455 g/mol. The second-order valence-electron chi connectivity index (χ2n) is 6.91. The first-order valence-corrected chi connectivity index (χ1v) is 9.87. The third-order valence-electron chi connectivity index (χ3n) is 5.38. The topological polar surface area (TPSA) is 85.0 Å². The van der Waals surface area contributed by atoms with Crippen LogP contribution in [0, 0.1) is 10.1 Å². The van der Waals surface area contributed by atoms with Crippen LogP contribution in [0.2, 0.25) is 0 Å². The van der Waals surface area contributed by atoms with Crippen molar-refractivity contribution in [2.45, 2.75) is 24.0 Å². The number of benzene rings is 2. The Balaban J connectivity index is 1.81. The van der Waals surface area contributed by atoms with Crippen LogP contribution in [0.15, 0.2) is 70.3 Å².